The molecule has 51 heavy (non-hydrogen) atoms. The average Bonchev–Trinajstić information content (AvgIpc) is 2.93. The third kappa shape index (κ3) is 23.3. The molecule has 3 nitrogen and oxygen atoms in total. The summed E-state index contributed by atoms with van der Waals surface area (Å²) in [5.41, 5.74) is 5.08. The van der Waals surface area contributed by atoms with Crippen LogP contribution in [-0.2, 0) is 16.2 Å². The zero-order valence-corrected chi connectivity index (χ0v) is 34.3. The van der Waals surface area contributed by atoms with E-state index in [0.717, 1.165) is 37.1 Å². The van der Waals surface area contributed by atoms with Gasteiger partial charge in [0.05, 0.1) is 19.8 Å². The number of para-hydroxylation sites is 1. The van der Waals surface area contributed by atoms with E-state index < -0.39 is 0 Å². The molecule has 0 aliphatic rings. The standard InChI is InChI=1S/3C15H24O.3CH4/c1-14(2,3)11-16-13-9-7-12(8-10-13)15(4,5)6;1-14(2,3)11-16-13-9-7-8-12(10-13)15(4,5)6;1-14(2,3)11-16-13-10-8-7-9-12(13)15(4,5)6;;;/h3*7-10H,11H2,1-6H3;3*1H4. The van der Waals surface area contributed by atoms with Gasteiger partial charge in [0.1, 0.15) is 17.2 Å². The largest absolute Gasteiger partial charge is 0.493 e. The van der Waals surface area contributed by atoms with Gasteiger partial charge in [-0.25, -0.2) is 0 Å². The topological polar surface area (TPSA) is 27.7 Å². The van der Waals surface area contributed by atoms with Crippen molar-refractivity contribution in [2.75, 3.05) is 19.8 Å². The fourth-order valence-corrected chi connectivity index (χ4v) is 4.21. The van der Waals surface area contributed by atoms with Crippen molar-refractivity contribution in [2.24, 2.45) is 16.2 Å². The first-order valence-corrected chi connectivity index (χ1v) is 17.8. The highest BCUT2D eigenvalue weighted by Gasteiger charge is 2.20. The first-order valence-electron chi connectivity index (χ1n) is 17.8. The van der Waals surface area contributed by atoms with E-state index >= 15 is 0 Å². The summed E-state index contributed by atoms with van der Waals surface area (Å²) in [5, 5.41) is 0. The number of benzene rings is 3. The lowest BCUT2D eigenvalue weighted by Gasteiger charge is -2.25. The van der Waals surface area contributed by atoms with Gasteiger partial charge in [0, 0.05) is 0 Å². The van der Waals surface area contributed by atoms with Gasteiger partial charge in [-0.05, 0) is 79.5 Å². The van der Waals surface area contributed by atoms with Crippen LogP contribution in [0.3, 0.4) is 0 Å². The number of rotatable bonds is 6. The van der Waals surface area contributed by atoms with Crippen LogP contribution >= 0.6 is 0 Å². The Hall–Kier alpha value is -2.94. The van der Waals surface area contributed by atoms with Crippen LogP contribution in [0.5, 0.6) is 17.2 Å². The van der Waals surface area contributed by atoms with Gasteiger partial charge < -0.3 is 14.2 Å². The molecule has 0 saturated heterocycles. The molecule has 0 aromatic heterocycles. The lowest BCUT2D eigenvalue weighted by atomic mass is 9.86. The van der Waals surface area contributed by atoms with Crippen molar-refractivity contribution >= 4 is 0 Å². The van der Waals surface area contributed by atoms with Gasteiger partial charge in [-0.1, -0.05) is 189 Å². The second-order valence-electron chi connectivity index (χ2n) is 19.8. The minimum atomic E-state index is 0. The molecule has 0 bridgehead atoms. The Morgan fingerprint density at radius 2 is 0.784 bits per heavy atom. The normalized spacial score (nSPS) is 11.9. The molecule has 0 N–H and O–H groups in total. The molecule has 0 atom stereocenters. The Kier molecular flexibility index (Phi) is 21.5. The van der Waals surface area contributed by atoms with E-state index in [1.54, 1.807) is 0 Å². The van der Waals surface area contributed by atoms with Crippen LogP contribution in [0.25, 0.3) is 0 Å². The molecule has 0 amide bonds. The molecule has 0 heterocycles. The summed E-state index contributed by atoms with van der Waals surface area (Å²) in [4.78, 5) is 0. The van der Waals surface area contributed by atoms with Crippen molar-refractivity contribution in [3.63, 3.8) is 0 Å². The summed E-state index contributed by atoms with van der Waals surface area (Å²) in [6.07, 6.45) is 0. The molecular formula is C48H84O3. The Labute approximate surface area is 319 Å². The van der Waals surface area contributed by atoms with E-state index in [2.05, 4.69) is 185 Å². The third-order valence-electron chi connectivity index (χ3n) is 7.12. The van der Waals surface area contributed by atoms with Crippen LogP contribution < -0.4 is 14.2 Å². The Bertz CT molecular complexity index is 1340. The van der Waals surface area contributed by atoms with Crippen LogP contribution in [0.2, 0.25) is 0 Å². The van der Waals surface area contributed by atoms with Crippen molar-refractivity contribution in [3.05, 3.63) is 89.5 Å². The first kappa shape index (κ1) is 52.4. The highest BCUT2D eigenvalue weighted by molar-refractivity contribution is 5.38. The number of hydrogen-bond acceptors (Lipinski definition) is 3. The highest BCUT2D eigenvalue weighted by atomic mass is 16.5. The zero-order valence-electron chi connectivity index (χ0n) is 34.3. The SMILES string of the molecule is C.C.C.CC(C)(C)COc1ccc(C(C)(C)C)cc1.CC(C)(C)COc1cccc(C(C)(C)C)c1.CC(C)(C)COc1ccccc1C(C)(C)C. The van der Waals surface area contributed by atoms with Crippen molar-refractivity contribution in [1.29, 1.82) is 0 Å². The molecule has 0 aliphatic carbocycles. The number of hydrogen-bond donors (Lipinski definition) is 0. The maximum atomic E-state index is 5.93. The summed E-state index contributed by atoms with van der Waals surface area (Å²) in [6, 6.07) is 25.1. The van der Waals surface area contributed by atoms with Gasteiger partial charge in [-0.3, -0.25) is 0 Å². The molecule has 0 unspecified atom stereocenters. The van der Waals surface area contributed by atoms with E-state index in [9.17, 15) is 0 Å². The summed E-state index contributed by atoms with van der Waals surface area (Å²) < 4.78 is 17.5. The highest BCUT2D eigenvalue weighted by Crippen LogP contribution is 2.32. The fraction of sp³-hybridized carbons (Fsp3) is 0.625. The van der Waals surface area contributed by atoms with Crippen LogP contribution in [0.15, 0.2) is 72.8 Å². The van der Waals surface area contributed by atoms with E-state index in [4.69, 9.17) is 14.2 Å². The van der Waals surface area contributed by atoms with Gasteiger partial charge in [0.25, 0.3) is 0 Å². The minimum Gasteiger partial charge on any atom is -0.493 e. The summed E-state index contributed by atoms with van der Waals surface area (Å²) in [7, 11) is 0. The summed E-state index contributed by atoms with van der Waals surface area (Å²) in [5.74, 6) is 2.95. The van der Waals surface area contributed by atoms with Crippen LogP contribution in [-0.4, -0.2) is 19.8 Å². The minimum absolute atomic E-state index is 0. The van der Waals surface area contributed by atoms with Crippen LogP contribution in [0, 0.1) is 16.2 Å². The molecule has 0 saturated carbocycles. The summed E-state index contributed by atoms with van der Waals surface area (Å²) >= 11 is 0. The van der Waals surface area contributed by atoms with Gasteiger partial charge in [0.2, 0.25) is 0 Å². The van der Waals surface area contributed by atoms with Gasteiger partial charge in [-0.2, -0.15) is 0 Å². The summed E-state index contributed by atoms with van der Waals surface area (Å²) in [6.45, 7) is 41.8. The number of ether oxygens (including phenoxy) is 3. The van der Waals surface area contributed by atoms with Crippen LogP contribution in [0.1, 0.15) is 164 Å². The average molecular weight is 709 g/mol. The van der Waals surface area contributed by atoms with Crippen molar-refractivity contribution < 1.29 is 14.2 Å². The van der Waals surface area contributed by atoms with E-state index in [0.29, 0.717) is 0 Å². The quantitative estimate of drug-likeness (QED) is 0.255. The van der Waals surface area contributed by atoms with Gasteiger partial charge in [0.15, 0.2) is 0 Å². The Morgan fingerprint density at radius 1 is 0.373 bits per heavy atom. The maximum Gasteiger partial charge on any atom is 0.123 e. The predicted molar refractivity (Wildman–Crippen MR) is 230 cm³/mol. The lowest BCUT2D eigenvalue weighted by molar-refractivity contribution is 0.194. The Morgan fingerprint density at radius 3 is 1.20 bits per heavy atom. The molecule has 3 heteroatoms. The first-order chi connectivity index (χ1) is 21.6. The van der Waals surface area contributed by atoms with E-state index in [1.807, 2.05) is 12.1 Å². The zero-order chi connectivity index (χ0) is 37.2. The Balaban J connectivity index is -0.000000658. The second-order valence-corrected chi connectivity index (χ2v) is 19.8. The van der Waals surface area contributed by atoms with Gasteiger partial charge >= 0.3 is 0 Å². The molecule has 0 aliphatic heterocycles. The van der Waals surface area contributed by atoms with Crippen molar-refractivity contribution in [2.45, 2.75) is 163 Å². The molecule has 0 spiro atoms. The molecule has 3 rings (SSSR count). The second kappa shape index (κ2) is 20.9. The molecule has 3 aromatic rings. The molecule has 294 valence electrons. The van der Waals surface area contributed by atoms with Crippen molar-refractivity contribution in [3.8, 4) is 17.2 Å². The van der Waals surface area contributed by atoms with Crippen LogP contribution in [0.4, 0.5) is 0 Å². The monoisotopic (exact) mass is 709 g/mol. The molecular weight excluding hydrogens is 625 g/mol. The fourth-order valence-electron chi connectivity index (χ4n) is 4.21. The molecule has 3 aromatic carbocycles. The van der Waals surface area contributed by atoms with E-state index in [1.165, 1.54) is 16.7 Å². The molecule has 0 fully saturated rings. The predicted octanol–water partition coefficient (Wildman–Crippen LogP) is 15.1. The van der Waals surface area contributed by atoms with Crippen molar-refractivity contribution in [1.82, 2.24) is 0 Å². The maximum absolute atomic E-state index is 5.93. The molecule has 0 radical (unpaired) electrons. The van der Waals surface area contributed by atoms with E-state index in [-0.39, 0.29) is 54.8 Å². The smallest absolute Gasteiger partial charge is 0.123 e. The lowest BCUT2D eigenvalue weighted by Crippen LogP contribution is -2.19. The third-order valence-corrected chi connectivity index (χ3v) is 7.12. The van der Waals surface area contributed by atoms with Gasteiger partial charge in [-0.15, -0.1) is 0 Å².